The van der Waals surface area contributed by atoms with Crippen LogP contribution in [0.4, 0.5) is 0 Å². The molecule has 2 atom stereocenters. The van der Waals surface area contributed by atoms with Gasteiger partial charge in [0.05, 0.1) is 17.7 Å². The van der Waals surface area contributed by atoms with E-state index in [1.165, 1.54) is 0 Å². The number of nitrogens with one attached hydrogen (secondary N) is 1. The van der Waals surface area contributed by atoms with Crippen molar-refractivity contribution in [2.24, 2.45) is 5.92 Å². The standard InChI is InChI=1S/C18H29NO3S/c1-12(2)16(19-23(21)18(5,6)7)14-8-10-15(11-9-14)17(20)22-13(3)4/h8-13,16,19H,1-7H3/t16-,23-/m0/s1. The van der Waals surface area contributed by atoms with Gasteiger partial charge in [-0.3, -0.25) is 0 Å². The molecule has 0 fully saturated rings. The highest BCUT2D eigenvalue weighted by Gasteiger charge is 2.31. The van der Waals surface area contributed by atoms with Crippen LogP contribution in [-0.2, 0) is 16.1 Å². The zero-order valence-electron chi connectivity index (χ0n) is 15.2. The van der Waals surface area contributed by atoms with Crippen LogP contribution >= 0.6 is 0 Å². The van der Waals surface area contributed by atoms with Gasteiger partial charge in [0, 0.05) is 11.4 Å². The lowest BCUT2D eigenvalue weighted by atomic mass is 9.96. The normalized spacial score (nSPS) is 14.9. The van der Waals surface area contributed by atoms with E-state index in [4.69, 9.17) is 4.74 Å². The summed E-state index contributed by atoms with van der Waals surface area (Å²) in [6.07, 6.45) is -0.138. The molecule has 1 aromatic rings. The first kappa shape index (κ1) is 20.0. The van der Waals surface area contributed by atoms with Crippen molar-refractivity contribution in [1.29, 1.82) is 0 Å². The predicted octanol–water partition coefficient (Wildman–Crippen LogP) is 4.00. The summed E-state index contributed by atoms with van der Waals surface area (Å²) in [7, 11) is 0. The molecular formula is C18H29NO3S. The van der Waals surface area contributed by atoms with Crippen LogP contribution < -0.4 is 4.72 Å². The summed E-state index contributed by atoms with van der Waals surface area (Å²) in [6.45, 7) is 13.6. The molecule has 0 saturated heterocycles. The van der Waals surface area contributed by atoms with Gasteiger partial charge in [-0.05, 0) is 58.2 Å². The molecule has 0 unspecified atom stereocenters. The molecule has 0 aliphatic carbocycles. The minimum absolute atomic E-state index is 0.0368. The monoisotopic (exact) mass is 339 g/mol. The molecule has 0 bridgehead atoms. The molecule has 0 aromatic heterocycles. The molecule has 0 heterocycles. The first-order valence-corrected chi connectivity index (χ1v) is 9.16. The predicted molar refractivity (Wildman–Crippen MR) is 95.6 cm³/mol. The minimum atomic E-state index is -1.15. The lowest BCUT2D eigenvalue weighted by Gasteiger charge is -2.30. The van der Waals surface area contributed by atoms with E-state index in [1.807, 2.05) is 46.8 Å². The van der Waals surface area contributed by atoms with Gasteiger partial charge in [-0.25, -0.2) is 4.79 Å². The maximum atomic E-state index is 12.4. The Balaban J connectivity index is 2.91. The van der Waals surface area contributed by atoms with Crippen molar-refractivity contribution < 1.29 is 14.1 Å². The van der Waals surface area contributed by atoms with Gasteiger partial charge >= 0.3 is 5.97 Å². The Morgan fingerprint density at radius 1 is 1.13 bits per heavy atom. The Labute approximate surface area is 143 Å². The van der Waals surface area contributed by atoms with Crippen LogP contribution in [0.15, 0.2) is 24.3 Å². The summed E-state index contributed by atoms with van der Waals surface area (Å²) in [5.74, 6) is -0.0476. The third-order valence-electron chi connectivity index (χ3n) is 3.31. The number of carbonyl (C=O) groups excluding carboxylic acids is 1. The number of ether oxygens (including phenoxy) is 1. The van der Waals surface area contributed by atoms with Crippen LogP contribution in [0, 0.1) is 5.92 Å². The molecule has 0 aliphatic rings. The summed E-state index contributed by atoms with van der Waals surface area (Å²) in [4.78, 5) is 11.9. The van der Waals surface area contributed by atoms with Crippen molar-refractivity contribution in [2.75, 3.05) is 0 Å². The maximum Gasteiger partial charge on any atom is 0.338 e. The molecule has 0 amide bonds. The highest BCUT2D eigenvalue weighted by atomic mass is 32.2. The number of benzene rings is 1. The molecule has 5 heteroatoms. The topological polar surface area (TPSA) is 61.4 Å². The molecule has 0 radical (unpaired) electrons. The second-order valence-electron chi connectivity index (χ2n) is 7.30. The first-order valence-electron chi connectivity index (χ1n) is 8.01. The Morgan fingerprint density at radius 2 is 1.65 bits per heavy atom. The third kappa shape index (κ3) is 6.16. The smallest absolute Gasteiger partial charge is 0.338 e. The van der Waals surface area contributed by atoms with Gasteiger partial charge in [0.2, 0.25) is 0 Å². The Hall–Kier alpha value is -1.04. The molecule has 1 aromatic carbocycles. The lowest BCUT2D eigenvalue weighted by Crippen LogP contribution is -2.42. The van der Waals surface area contributed by atoms with E-state index in [-0.39, 0.29) is 28.8 Å². The number of hydrogen-bond donors (Lipinski definition) is 1. The van der Waals surface area contributed by atoms with Gasteiger partial charge in [0.1, 0.15) is 4.75 Å². The van der Waals surface area contributed by atoms with E-state index < -0.39 is 11.4 Å². The van der Waals surface area contributed by atoms with Gasteiger partial charge in [0.25, 0.3) is 0 Å². The fraction of sp³-hybridized carbons (Fsp3) is 0.611. The van der Waals surface area contributed by atoms with Crippen LogP contribution in [-0.4, -0.2) is 21.4 Å². The molecule has 130 valence electrons. The molecular weight excluding hydrogens is 310 g/mol. The molecule has 0 aliphatic heterocycles. The number of rotatable bonds is 6. The van der Waals surface area contributed by atoms with E-state index in [2.05, 4.69) is 18.6 Å². The summed E-state index contributed by atoms with van der Waals surface area (Å²) in [6, 6.07) is 7.28. The van der Waals surface area contributed by atoms with Crippen molar-refractivity contribution in [3.05, 3.63) is 35.4 Å². The fourth-order valence-electron chi connectivity index (χ4n) is 1.99. The number of hydrogen-bond acceptors (Lipinski definition) is 4. The van der Waals surface area contributed by atoms with E-state index in [0.717, 1.165) is 5.56 Å². The zero-order valence-corrected chi connectivity index (χ0v) is 16.0. The van der Waals surface area contributed by atoms with Crippen molar-refractivity contribution in [3.63, 3.8) is 0 Å². The van der Waals surface area contributed by atoms with Crippen LogP contribution in [0.1, 0.15) is 70.4 Å². The Morgan fingerprint density at radius 3 is 2.04 bits per heavy atom. The molecule has 23 heavy (non-hydrogen) atoms. The van der Waals surface area contributed by atoms with Crippen LogP contribution in [0.5, 0.6) is 0 Å². The van der Waals surface area contributed by atoms with Gasteiger partial charge < -0.3 is 9.29 Å². The van der Waals surface area contributed by atoms with Crippen LogP contribution in [0.2, 0.25) is 0 Å². The van der Waals surface area contributed by atoms with E-state index in [0.29, 0.717) is 5.56 Å². The SMILES string of the molecule is CC(C)OC(=O)c1ccc([C@@H](N[S@@+]([O-])C(C)(C)C)C(C)C)cc1. The van der Waals surface area contributed by atoms with Gasteiger partial charge in [-0.15, -0.1) is 4.72 Å². The quantitative estimate of drug-likeness (QED) is 0.628. The summed E-state index contributed by atoms with van der Waals surface area (Å²) in [5, 5.41) is 0. The molecule has 0 saturated carbocycles. The zero-order chi connectivity index (χ0) is 17.8. The molecule has 0 spiro atoms. The largest absolute Gasteiger partial charge is 0.598 e. The molecule has 1 rings (SSSR count). The van der Waals surface area contributed by atoms with Crippen molar-refractivity contribution in [1.82, 2.24) is 4.72 Å². The first-order chi connectivity index (χ1) is 10.5. The minimum Gasteiger partial charge on any atom is -0.598 e. The number of esters is 1. The van der Waals surface area contributed by atoms with Gasteiger partial charge in [0.15, 0.2) is 0 Å². The summed E-state index contributed by atoms with van der Waals surface area (Å²) < 4.78 is 20.4. The highest BCUT2D eigenvalue weighted by molar-refractivity contribution is 7.90. The summed E-state index contributed by atoms with van der Waals surface area (Å²) >= 11 is -1.15. The van der Waals surface area contributed by atoms with Crippen LogP contribution in [0.25, 0.3) is 0 Å². The van der Waals surface area contributed by atoms with Crippen molar-refractivity contribution >= 4 is 17.3 Å². The van der Waals surface area contributed by atoms with Crippen molar-refractivity contribution in [3.8, 4) is 0 Å². The fourth-order valence-corrected chi connectivity index (χ4v) is 2.98. The van der Waals surface area contributed by atoms with Gasteiger partial charge in [-0.2, -0.15) is 0 Å². The maximum absolute atomic E-state index is 12.4. The average Bonchev–Trinajstić information content (AvgIpc) is 2.42. The molecule has 1 N–H and O–H groups in total. The number of carbonyl (C=O) groups is 1. The second kappa shape index (κ2) is 8.18. The average molecular weight is 340 g/mol. The van der Waals surface area contributed by atoms with E-state index >= 15 is 0 Å². The van der Waals surface area contributed by atoms with E-state index in [1.54, 1.807) is 12.1 Å². The third-order valence-corrected chi connectivity index (χ3v) is 4.89. The van der Waals surface area contributed by atoms with Crippen molar-refractivity contribution in [2.45, 2.75) is 65.4 Å². The molecule has 4 nitrogen and oxygen atoms in total. The van der Waals surface area contributed by atoms with Crippen LogP contribution in [0.3, 0.4) is 0 Å². The Kier molecular flexibility index (Phi) is 7.11. The summed E-state index contributed by atoms with van der Waals surface area (Å²) in [5.41, 5.74) is 1.54. The second-order valence-corrected chi connectivity index (χ2v) is 9.29. The lowest BCUT2D eigenvalue weighted by molar-refractivity contribution is 0.0378. The van der Waals surface area contributed by atoms with E-state index in [9.17, 15) is 9.35 Å². The van der Waals surface area contributed by atoms with Gasteiger partial charge in [-0.1, -0.05) is 26.0 Å². The highest BCUT2D eigenvalue weighted by Crippen LogP contribution is 2.26. The Bertz CT molecular complexity index is 506.